The van der Waals surface area contributed by atoms with Crippen molar-refractivity contribution in [2.75, 3.05) is 11.9 Å². The highest BCUT2D eigenvalue weighted by molar-refractivity contribution is 6.32. The molecule has 1 heterocycles. The van der Waals surface area contributed by atoms with Crippen molar-refractivity contribution in [1.29, 1.82) is 0 Å². The molecule has 1 atom stereocenters. The number of hydrogen-bond donors (Lipinski definition) is 2. The van der Waals surface area contributed by atoms with Gasteiger partial charge in [-0.25, -0.2) is 4.98 Å². The van der Waals surface area contributed by atoms with Gasteiger partial charge < -0.3 is 11.1 Å². The molecule has 1 aromatic heterocycles. The van der Waals surface area contributed by atoms with Crippen molar-refractivity contribution in [1.82, 2.24) is 4.98 Å². The summed E-state index contributed by atoms with van der Waals surface area (Å²) in [5.74, 6) is 0.431. The van der Waals surface area contributed by atoms with E-state index in [4.69, 9.17) is 17.3 Å². The molecule has 1 unspecified atom stereocenters. The van der Waals surface area contributed by atoms with Crippen LogP contribution in [0, 0.1) is 12.8 Å². The van der Waals surface area contributed by atoms with E-state index < -0.39 is 0 Å². The lowest BCUT2D eigenvalue weighted by Crippen LogP contribution is -2.14. The molecule has 4 nitrogen and oxygen atoms in total. The van der Waals surface area contributed by atoms with Gasteiger partial charge in [-0.15, -0.1) is 0 Å². The molecule has 0 bridgehead atoms. The summed E-state index contributed by atoms with van der Waals surface area (Å²) in [4.78, 5) is 15.7. The molecule has 1 amide bonds. The predicted octanol–water partition coefficient (Wildman–Crippen LogP) is 2.75. The van der Waals surface area contributed by atoms with Crippen molar-refractivity contribution in [2.45, 2.75) is 33.1 Å². The maximum Gasteiger partial charge on any atom is 0.224 e. The van der Waals surface area contributed by atoms with Gasteiger partial charge in [0, 0.05) is 12.6 Å². The number of nitrogens with one attached hydrogen (secondary N) is 1. The van der Waals surface area contributed by atoms with Gasteiger partial charge in [0.15, 0.2) is 5.15 Å². The van der Waals surface area contributed by atoms with E-state index in [1.165, 1.54) is 0 Å². The summed E-state index contributed by atoms with van der Waals surface area (Å²) in [5.41, 5.74) is 7.01. The Morgan fingerprint density at radius 3 is 2.94 bits per heavy atom. The van der Waals surface area contributed by atoms with Crippen LogP contribution in [0.25, 0.3) is 0 Å². The van der Waals surface area contributed by atoms with Gasteiger partial charge in [-0.05, 0) is 43.9 Å². The van der Waals surface area contributed by atoms with E-state index in [1.807, 2.05) is 13.0 Å². The highest BCUT2D eigenvalue weighted by Gasteiger charge is 2.09. The van der Waals surface area contributed by atoms with Crippen LogP contribution in [0.2, 0.25) is 5.15 Å². The molecule has 0 saturated carbocycles. The van der Waals surface area contributed by atoms with E-state index in [1.54, 1.807) is 6.20 Å². The fourth-order valence-electron chi connectivity index (χ4n) is 1.66. The molecule has 100 valence electrons. The number of nitrogens with two attached hydrogens (primary N) is 1. The Hall–Kier alpha value is -1.13. The Labute approximate surface area is 113 Å². The largest absolute Gasteiger partial charge is 0.330 e. The number of anilines is 1. The van der Waals surface area contributed by atoms with Crippen LogP contribution >= 0.6 is 11.6 Å². The Bertz CT molecular complexity index is 409. The number of rotatable bonds is 6. The van der Waals surface area contributed by atoms with Crippen molar-refractivity contribution in [2.24, 2.45) is 11.7 Å². The van der Waals surface area contributed by atoms with Gasteiger partial charge in [-0.2, -0.15) is 0 Å². The smallest absolute Gasteiger partial charge is 0.224 e. The molecule has 5 heteroatoms. The average molecular weight is 270 g/mol. The van der Waals surface area contributed by atoms with Gasteiger partial charge in [-0.1, -0.05) is 18.5 Å². The second-order valence-electron chi connectivity index (χ2n) is 4.62. The van der Waals surface area contributed by atoms with Crippen LogP contribution in [0.4, 0.5) is 5.69 Å². The average Bonchev–Trinajstić information content (AvgIpc) is 2.32. The number of pyridine rings is 1. The predicted molar refractivity (Wildman–Crippen MR) is 74.7 cm³/mol. The van der Waals surface area contributed by atoms with E-state index in [9.17, 15) is 4.79 Å². The standard InChI is InChI=1S/C13H20ClN3O/c1-9(5-6-15)3-4-12(18)17-11-7-10(2)8-16-13(11)14/h7-9H,3-6,15H2,1-2H3,(H,17,18). The van der Waals surface area contributed by atoms with Crippen molar-refractivity contribution in [3.63, 3.8) is 0 Å². The lowest BCUT2D eigenvalue weighted by Gasteiger charge is -2.10. The lowest BCUT2D eigenvalue weighted by molar-refractivity contribution is -0.116. The van der Waals surface area contributed by atoms with Crippen molar-refractivity contribution in [3.05, 3.63) is 23.0 Å². The molecule has 18 heavy (non-hydrogen) atoms. The van der Waals surface area contributed by atoms with Gasteiger partial charge in [0.1, 0.15) is 0 Å². The third kappa shape index (κ3) is 5.02. The number of hydrogen-bond acceptors (Lipinski definition) is 3. The SMILES string of the molecule is Cc1cnc(Cl)c(NC(=O)CCC(C)CCN)c1. The highest BCUT2D eigenvalue weighted by atomic mass is 35.5. The first-order valence-corrected chi connectivity index (χ1v) is 6.52. The summed E-state index contributed by atoms with van der Waals surface area (Å²) in [7, 11) is 0. The summed E-state index contributed by atoms with van der Waals surface area (Å²) in [5, 5.41) is 3.11. The molecule has 0 fully saturated rings. The van der Waals surface area contributed by atoms with Crippen LogP contribution in [-0.4, -0.2) is 17.4 Å². The zero-order valence-electron chi connectivity index (χ0n) is 10.9. The first-order chi connectivity index (χ1) is 8.52. The number of nitrogens with zero attached hydrogens (tertiary/aromatic N) is 1. The first kappa shape index (κ1) is 14.9. The molecule has 1 aromatic rings. The van der Waals surface area contributed by atoms with E-state index in [-0.39, 0.29) is 5.91 Å². The Kier molecular flexibility index (Phi) is 6.09. The third-order valence-electron chi connectivity index (χ3n) is 2.77. The molecule has 0 aromatic carbocycles. The molecule has 0 spiro atoms. The maximum absolute atomic E-state index is 11.8. The first-order valence-electron chi connectivity index (χ1n) is 6.15. The molecular formula is C13H20ClN3O. The number of amides is 1. The van der Waals surface area contributed by atoms with Gasteiger partial charge in [0.05, 0.1) is 5.69 Å². The Morgan fingerprint density at radius 1 is 1.56 bits per heavy atom. The van der Waals surface area contributed by atoms with Crippen LogP contribution < -0.4 is 11.1 Å². The summed E-state index contributed by atoms with van der Waals surface area (Å²) < 4.78 is 0. The van der Waals surface area contributed by atoms with Crippen molar-refractivity contribution < 1.29 is 4.79 Å². The minimum Gasteiger partial charge on any atom is -0.330 e. The zero-order valence-corrected chi connectivity index (χ0v) is 11.6. The summed E-state index contributed by atoms with van der Waals surface area (Å²) >= 11 is 5.91. The topological polar surface area (TPSA) is 68.0 Å². The molecule has 3 N–H and O–H groups in total. The maximum atomic E-state index is 11.8. The molecule has 0 saturated heterocycles. The number of carbonyl (C=O) groups excluding carboxylic acids is 1. The van der Waals surface area contributed by atoms with E-state index >= 15 is 0 Å². The number of carbonyl (C=O) groups is 1. The van der Waals surface area contributed by atoms with Crippen LogP contribution in [0.5, 0.6) is 0 Å². The molecular weight excluding hydrogens is 250 g/mol. The quantitative estimate of drug-likeness (QED) is 0.781. The van der Waals surface area contributed by atoms with Gasteiger partial charge >= 0.3 is 0 Å². The minimum atomic E-state index is -0.0341. The summed E-state index contributed by atoms with van der Waals surface area (Å²) in [6.07, 6.45) is 3.92. The van der Waals surface area contributed by atoms with Crippen LogP contribution in [0.3, 0.4) is 0 Å². The summed E-state index contributed by atoms with van der Waals surface area (Å²) in [6.45, 7) is 4.67. The van der Waals surface area contributed by atoms with Crippen LogP contribution in [-0.2, 0) is 4.79 Å². The van der Waals surface area contributed by atoms with E-state index in [2.05, 4.69) is 17.2 Å². The highest BCUT2D eigenvalue weighted by Crippen LogP contribution is 2.20. The van der Waals surface area contributed by atoms with Gasteiger partial charge in [0.2, 0.25) is 5.91 Å². The number of aryl methyl sites for hydroxylation is 1. The fraction of sp³-hybridized carbons (Fsp3) is 0.538. The zero-order chi connectivity index (χ0) is 13.5. The van der Waals surface area contributed by atoms with E-state index in [0.717, 1.165) is 18.4 Å². The monoisotopic (exact) mass is 269 g/mol. The summed E-state index contributed by atoms with van der Waals surface area (Å²) in [6, 6.07) is 1.82. The van der Waals surface area contributed by atoms with Crippen LogP contribution in [0.1, 0.15) is 31.7 Å². The minimum absolute atomic E-state index is 0.0341. The molecule has 0 aliphatic heterocycles. The van der Waals surface area contributed by atoms with Crippen molar-refractivity contribution in [3.8, 4) is 0 Å². The fourth-order valence-corrected chi connectivity index (χ4v) is 1.81. The Morgan fingerprint density at radius 2 is 2.28 bits per heavy atom. The van der Waals surface area contributed by atoms with Crippen molar-refractivity contribution >= 4 is 23.2 Å². The molecule has 0 aliphatic rings. The Balaban J connectivity index is 2.47. The second-order valence-corrected chi connectivity index (χ2v) is 4.98. The number of aromatic nitrogens is 1. The number of halogens is 1. The van der Waals surface area contributed by atoms with E-state index in [0.29, 0.717) is 29.7 Å². The molecule has 1 rings (SSSR count). The molecule has 0 radical (unpaired) electrons. The van der Waals surface area contributed by atoms with Gasteiger partial charge in [0.25, 0.3) is 0 Å². The third-order valence-corrected chi connectivity index (χ3v) is 3.07. The van der Waals surface area contributed by atoms with Crippen LogP contribution in [0.15, 0.2) is 12.3 Å². The lowest BCUT2D eigenvalue weighted by atomic mass is 10.0. The molecule has 0 aliphatic carbocycles. The normalized spacial score (nSPS) is 12.2. The van der Waals surface area contributed by atoms with Gasteiger partial charge in [-0.3, -0.25) is 4.79 Å². The second kappa shape index (κ2) is 7.34.